The van der Waals surface area contributed by atoms with Crippen molar-refractivity contribution in [1.82, 2.24) is 0 Å². The van der Waals surface area contributed by atoms with Crippen molar-refractivity contribution >= 4 is 17.9 Å². The minimum Gasteiger partial charge on any atom is -0.462 e. The summed E-state index contributed by atoms with van der Waals surface area (Å²) in [5.74, 6) is -0.844. The van der Waals surface area contributed by atoms with Crippen LogP contribution in [0.5, 0.6) is 0 Å². The van der Waals surface area contributed by atoms with E-state index in [-0.39, 0.29) is 31.1 Å². The second-order valence-corrected chi connectivity index (χ2v) is 24.9. The van der Waals surface area contributed by atoms with Gasteiger partial charge < -0.3 is 14.2 Å². The molecule has 0 bridgehead atoms. The van der Waals surface area contributed by atoms with E-state index in [1.54, 1.807) is 0 Å². The maximum atomic E-state index is 13.0. The quantitative estimate of drug-likeness (QED) is 0.0261. The van der Waals surface area contributed by atoms with Crippen LogP contribution in [-0.4, -0.2) is 37.2 Å². The smallest absolute Gasteiger partial charge is 0.306 e. The molecule has 6 heteroatoms. The predicted molar refractivity (Wildman–Crippen MR) is 349 cm³/mol. The van der Waals surface area contributed by atoms with E-state index in [0.717, 1.165) is 64.2 Å². The van der Waals surface area contributed by atoms with Crippen LogP contribution in [0.4, 0.5) is 0 Å². The van der Waals surface area contributed by atoms with Gasteiger partial charge in [0, 0.05) is 19.3 Å². The Hall–Kier alpha value is -2.11. The van der Waals surface area contributed by atoms with E-state index in [9.17, 15) is 14.4 Å². The first-order valence-electron chi connectivity index (χ1n) is 36.3. The number of esters is 3. The van der Waals surface area contributed by atoms with Gasteiger partial charge in [-0.05, 0) is 70.6 Å². The van der Waals surface area contributed by atoms with E-state index in [1.165, 1.54) is 308 Å². The molecule has 0 saturated carbocycles. The molecule has 0 aromatic rings. The van der Waals surface area contributed by atoms with Crippen molar-refractivity contribution in [2.45, 2.75) is 419 Å². The molecule has 472 valence electrons. The first-order chi connectivity index (χ1) is 39.5. The molecule has 0 aliphatic rings. The maximum Gasteiger partial charge on any atom is 0.306 e. The van der Waals surface area contributed by atoms with Crippen molar-refractivity contribution in [1.29, 1.82) is 0 Å². The fourth-order valence-electron chi connectivity index (χ4n) is 11.2. The summed E-state index contributed by atoms with van der Waals surface area (Å²) in [6.07, 6.45) is 85.0. The molecule has 1 atom stereocenters. The highest BCUT2D eigenvalue weighted by molar-refractivity contribution is 5.71. The Morgan fingerprint density at radius 3 is 0.637 bits per heavy atom. The number of rotatable bonds is 68. The zero-order chi connectivity index (χ0) is 57.8. The summed E-state index contributed by atoms with van der Waals surface area (Å²) >= 11 is 0. The summed E-state index contributed by atoms with van der Waals surface area (Å²) in [6.45, 7) is 6.70. The molecular formula is C74H140O6. The normalized spacial score (nSPS) is 12.1. The monoisotopic (exact) mass is 1130 g/mol. The molecule has 0 radical (unpaired) electrons. The SMILES string of the molecule is CCCCCC/C=C\CCCCCCCC(=O)OCC(COC(=O)CCCCCCCCCCCCCCCCC/C=C\CCCCCCCCCC)OC(=O)CCCCCCCCCCCCCCCCCCCCCCCC. The first kappa shape index (κ1) is 77.9. The third-order valence-electron chi connectivity index (χ3n) is 16.7. The Kier molecular flexibility index (Phi) is 67.6. The number of allylic oxidation sites excluding steroid dienone is 4. The van der Waals surface area contributed by atoms with Crippen molar-refractivity contribution in [2.75, 3.05) is 13.2 Å². The lowest BCUT2D eigenvalue weighted by Crippen LogP contribution is -2.30. The van der Waals surface area contributed by atoms with E-state index < -0.39 is 6.10 Å². The van der Waals surface area contributed by atoms with Gasteiger partial charge in [0.1, 0.15) is 13.2 Å². The molecule has 0 amide bonds. The second kappa shape index (κ2) is 69.4. The molecule has 0 fully saturated rings. The van der Waals surface area contributed by atoms with Crippen LogP contribution in [0.25, 0.3) is 0 Å². The lowest BCUT2D eigenvalue weighted by molar-refractivity contribution is -0.167. The van der Waals surface area contributed by atoms with Gasteiger partial charge >= 0.3 is 17.9 Å². The highest BCUT2D eigenvalue weighted by Crippen LogP contribution is 2.19. The molecule has 6 nitrogen and oxygen atoms in total. The van der Waals surface area contributed by atoms with Crippen LogP contribution in [0.1, 0.15) is 412 Å². The van der Waals surface area contributed by atoms with Gasteiger partial charge in [0.05, 0.1) is 0 Å². The van der Waals surface area contributed by atoms with Gasteiger partial charge in [0.25, 0.3) is 0 Å². The topological polar surface area (TPSA) is 78.9 Å². The molecule has 0 spiro atoms. The zero-order valence-electron chi connectivity index (χ0n) is 54.4. The Balaban J connectivity index is 4.19. The van der Waals surface area contributed by atoms with Crippen molar-refractivity contribution in [3.8, 4) is 0 Å². The number of hydrogen-bond acceptors (Lipinski definition) is 6. The van der Waals surface area contributed by atoms with E-state index in [0.29, 0.717) is 19.3 Å². The molecule has 0 aromatic heterocycles. The Morgan fingerprint density at radius 1 is 0.237 bits per heavy atom. The van der Waals surface area contributed by atoms with Gasteiger partial charge in [-0.3, -0.25) is 14.4 Å². The second-order valence-electron chi connectivity index (χ2n) is 24.9. The standard InChI is InChI=1S/C74H140O6/c1-4-7-10-13-16-19-22-25-27-29-31-33-35-36-37-38-39-41-42-44-46-49-52-55-58-61-64-67-73(76)79-70-71(69-78-72(75)66-63-60-57-54-51-48-24-21-18-15-12-9-6-3)80-74(77)68-65-62-59-56-53-50-47-45-43-40-34-32-30-28-26-23-20-17-14-11-8-5-2/h21,24,29,31,71H,4-20,22-23,25-28,30,32-70H2,1-3H3/b24-21-,31-29-. The van der Waals surface area contributed by atoms with Gasteiger partial charge in [-0.2, -0.15) is 0 Å². The Morgan fingerprint density at radius 2 is 0.412 bits per heavy atom. The Labute approximate surface area is 500 Å². The number of unbranched alkanes of at least 4 members (excludes halogenated alkanes) is 53. The largest absolute Gasteiger partial charge is 0.462 e. The average molecular weight is 1130 g/mol. The summed E-state index contributed by atoms with van der Waals surface area (Å²) in [5, 5.41) is 0. The summed E-state index contributed by atoms with van der Waals surface area (Å²) in [4.78, 5) is 38.4. The molecular weight excluding hydrogens is 985 g/mol. The van der Waals surface area contributed by atoms with Crippen LogP contribution in [-0.2, 0) is 28.6 Å². The molecule has 0 saturated heterocycles. The number of carbonyl (C=O) groups is 3. The summed E-state index contributed by atoms with van der Waals surface area (Å²) in [5.41, 5.74) is 0. The van der Waals surface area contributed by atoms with Gasteiger partial charge in [0.2, 0.25) is 0 Å². The zero-order valence-corrected chi connectivity index (χ0v) is 54.4. The lowest BCUT2D eigenvalue weighted by atomic mass is 10.0. The maximum absolute atomic E-state index is 13.0. The van der Waals surface area contributed by atoms with Crippen molar-refractivity contribution in [3.63, 3.8) is 0 Å². The number of hydrogen-bond donors (Lipinski definition) is 0. The third-order valence-corrected chi connectivity index (χ3v) is 16.7. The molecule has 1 unspecified atom stereocenters. The first-order valence-corrected chi connectivity index (χ1v) is 36.3. The van der Waals surface area contributed by atoms with E-state index in [1.807, 2.05) is 0 Å². The summed E-state index contributed by atoms with van der Waals surface area (Å²) in [6, 6.07) is 0. The predicted octanol–water partition coefficient (Wildman–Crippen LogP) is 25.0. The molecule has 0 N–H and O–H groups in total. The van der Waals surface area contributed by atoms with Crippen LogP contribution in [0.2, 0.25) is 0 Å². The lowest BCUT2D eigenvalue weighted by Gasteiger charge is -2.18. The van der Waals surface area contributed by atoms with Gasteiger partial charge in [0.15, 0.2) is 6.10 Å². The number of carbonyl (C=O) groups excluding carboxylic acids is 3. The highest BCUT2D eigenvalue weighted by atomic mass is 16.6. The molecule has 0 aromatic carbocycles. The van der Waals surface area contributed by atoms with E-state index >= 15 is 0 Å². The summed E-state index contributed by atoms with van der Waals surface area (Å²) in [7, 11) is 0. The van der Waals surface area contributed by atoms with Gasteiger partial charge in [-0.25, -0.2) is 0 Å². The van der Waals surface area contributed by atoms with Crippen molar-refractivity contribution < 1.29 is 28.6 Å². The number of ether oxygens (including phenoxy) is 3. The Bertz CT molecular complexity index is 1290. The fraction of sp³-hybridized carbons (Fsp3) is 0.905. The molecule has 0 aliphatic heterocycles. The van der Waals surface area contributed by atoms with Crippen LogP contribution in [0.15, 0.2) is 24.3 Å². The molecule has 80 heavy (non-hydrogen) atoms. The average Bonchev–Trinajstić information content (AvgIpc) is 3.46. The van der Waals surface area contributed by atoms with Crippen molar-refractivity contribution in [2.24, 2.45) is 0 Å². The third kappa shape index (κ3) is 66.7. The minimum absolute atomic E-state index is 0.0677. The molecule has 0 heterocycles. The van der Waals surface area contributed by atoms with Crippen molar-refractivity contribution in [3.05, 3.63) is 24.3 Å². The van der Waals surface area contributed by atoms with Crippen LogP contribution in [0.3, 0.4) is 0 Å². The van der Waals surface area contributed by atoms with Gasteiger partial charge in [-0.15, -0.1) is 0 Å². The fourth-order valence-corrected chi connectivity index (χ4v) is 11.2. The van der Waals surface area contributed by atoms with E-state index in [4.69, 9.17) is 14.2 Å². The highest BCUT2D eigenvalue weighted by Gasteiger charge is 2.19. The van der Waals surface area contributed by atoms with E-state index in [2.05, 4.69) is 45.1 Å². The summed E-state index contributed by atoms with van der Waals surface area (Å²) < 4.78 is 17.0. The molecule has 0 aliphatic carbocycles. The minimum atomic E-state index is -0.772. The molecule has 0 rings (SSSR count). The van der Waals surface area contributed by atoms with Crippen LogP contribution in [0, 0.1) is 0 Å². The van der Waals surface area contributed by atoms with Crippen LogP contribution >= 0.6 is 0 Å². The van der Waals surface area contributed by atoms with Crippen LogP contribution < -0.4 is 0 Å². The van der Waals surface area contributed by atoms with Gasteiger partial charge in [-0.1, -0.05) is 347 Å².